The van der Waals surface area contributed by atoms with E-state index in [4.69, 9.17) is 4.43 Å². The van der Waals surface area contributed by atoms with Crippen LogP contribution in [0.4, 0.5) is 5.69 Å². The van der Waals surface area contributed by atoms with E-state index in [0.717, 1.165) is 16.5 Å². The molecule has 0 bridgehead atoms. The minimum absolute atomic E-state index is 0.0148. The minimum atomic E-state index is -1.99. The number of likely N-dealkylation sites (tertiary alicyclic amines) is 1. The van der Waals surface area contributed by atoms with E-state index in [9.17, 15) is 4.79 Å². The zero-order valence-electron chi connectivity index (χ0n) is 19.2. The second-order valence-electron chi connectivity index (χ2n) is 9.60. The average Bonchev–Trinajstić information content (AvgIpc) is 2.66. The number of rotatable bonds is 5. The van der Waals surface area contributed by atoms with Crippen molar-refractivity contribution in [3.8, 4) is 0 Å². The van der Waals surface area contributed by atoms with Crippen LogP contribution in [0.15, 0.2) is 65.8 Å². The molecule has 0 spiro atoms. The molecule has 1 aliphatic heterocycles. The van der Waals surface area contributed by atoms with Gasteiger partial charge in [-0.25, -0.2) is 0 Å². The molecule has 2 aromatic rings. The first-order valence-electron chi connectivity index (χ1n) is 10.6. The fourth-order valence-corrected chi connectivity index (χ4v) is 5.75. The normalized spacial score (nSPS) is 20.9. The van der Waals surface area contributed by atoms with Crippen LogP contribution in [0.3, 0.4) is 0 Å². The summed E-state index contributed by atoms with van der Waals surface area (Å²) in [6.07, 6.45) is 1.65. The molecule has 1 aliphatic rings. The Bertz CT molecular complexity index is 1070. The van der Waals surface area contributed by atoms with E-state index in [0.29, 0.717) is 4.73 Å². The Hall–Kier alpha value is -1.94. The van der Waals surface area contributed by atoms with E-state index in [2.05, 4.69) is 79.3 Å². The fourth-order valence-electron chi connectivity index (χ4n) is 3.66. The van der Waals surface area contributed by atoms with Crippen molar-refractivity contribution in [2.45, 2.75) is 58.0 Å². The molecule has 1 radical (unpaired) electrons. The van der Waals surface area contributed by atoms with Gasteiger partial charge in [0.2, 0.25) is 0 Å². The van der Waals surface area contributed by atoms with Gasteiger partial charge in [-0.15, -0.1) is 0 Å². The summed E-state index contributed by atoms with van der Waals surface area (Å²) < 4.78 is 7.07. The number of aliphatic imine (C=N–C) groups is 1. The van der Waals surface area contributed by atoms with E-state index >= 15 is 0 Å². The van der Waals surface area contributed by atoms with Crippen LogP contribution in [0.25, 0.3) is 10.8 Å². The molecule has 0 unspecified atom stereocenters. The Labute approximate surface area is 195 Å². The van der Waals surface area contributed by atoms with Crippen LogP contribution in [0.2, 0.25) is 18.1 Å². The maximum atomic E-state index is 13.2. The first-order valence-corrected chi connectivity index (χ1v) is 14.3. The Morgan fingerprint density at radius 1 is 1.26 bits per heavy atom. The van der Waals surface area contributed by atoms with Crippen molar-refractivity contribution in [2.75, 3.05) is 0 Å². The van der Waals surface area contributed by atoms with Gasteiger partial charge >= 0.3 is 195 Å². The van der Waals surface area contributed by atoms with Gasteiger partial charge in [0.25, 0.3) is 0 Å². The van der Waals surface area contributed by atoms with Gasteiger partial charge in [-0.3, -0.25) is 0 Å². The molecule has 1 fully saturated rings. The first-order chi connectivity index (χ1) is 14.5. The summed E-state index contributed by atoms with van der Waals surface area (Å²) in [5, 5.41) is 2.36. The molecule has 1 heterocycles. The van der Waals surface area contributed by atoms with Crippen LogP contribution in [0, 0.1) is 5.92 Å². The predicted octanol–water partition coefficient (Wildman–Crippen LogP) is 5.57. The van der Waals surface area contributed by atoms with Gasteiger partial charge in [-0.1, -0.05) is 0 Å². The number of fused-ring (bicyclic) bond motifs is 1. The molecular formula is C25H31N2O2SeSi. The molecule has 4 nitrogen and oxygen atoms in total. The molecule has 1 amide bonds. The van der Waals surface area contributed by atoms with Gasteiger partial charge in [0.05, 0.1) is 0 Å². The molecule has 3 rings (SSSR count). The molecule has 0 aliphatic carbocycles. The Morgan fingerprint density at radius 3 is 2.52 bits per heavy atom. The van der Waals surface area contributed by atoms with Gasteiger partial charge in [0, 0.05) is 0 Å². The third-order valence-electron chi connectivity index (χ3n) is 6.43. The first kappa shape index (κ1) is 23.7. The summed E-state index contributed by atoms with van der Waals surface area (Å²) in [5.74, 6) is -0.250. The second kappa shape index (κ2) is 8.89. The van der Waals surface area contributed by atoms with Crippen molar-refractivity contribution in [1.29, 1.82) is 0 Å². The molecule has 163 valence electrons. The summed E-state index contributed by atoms with van der Waals surface area (Å²) >= 11 is 2.98. The quantitative estimate of drug-likeness (QED) is 0.178. The van der Waals surface area contributed by atoms with Crippen LogP contribution in [0.1, 0.15) is 27.7 Å². The fraction of sp³-hybridized carbons (Fsp3) is 0.400. The monoisotopic (exact) mass is 499 g/mol. The number of benzene rings is 2. The SMILES string of the molecule is C=C=C[C@@H]1[C@@H]([C@@H](C)O[Si](C)(C)C(C)(C)C)C(=O)N1C([Se])=Nc1ccc2ccccc2c1. The van der Waals surface area contributed by atoms with Gasteiger partial charge < -0.3 is 0 Å². The van der Waals surface area contributed by atoms with Crippen LogP contribution in [0.5, 0.6) is 0 Å². The Balaban J connectivity index is 1.83. The summed E-state index contributed by atoms with van der Waals surface area (Å²) in [4.78, 5) is 19.5. The number of carbonyl (C=O) groups is 1. The van der Waals surface area contributed by atoms with E-state index in [1.807, 2.05) is 43.3 Å². The van der Waals surface area contributed by atoms with E-state index in [1.165, 1.54) is 0 Å². The average molecular weight is 499 g/mol. The number of carbonyl (C=O) groups excluding carboxylic acids is 1. The van der Waals surface area contributed by atoms with Gasteiger partial charge in [0.15, 0.2) is 0 Å². The second-order valence-corrected chi connectivity index (χ2v) is 15.1. The molecule has 0 aromatic heterocycles. The molecule has 1 saturated heterocycles. The zero-order chi connectivity index (χ0) is 23.0. The molecule has 3 atom stereocenters. The molecule has 0 N–H and O–H groups in total. The number of β-lactam (4-membered cyclic amide) rings is 1. The van der Waals surface area contributed by atoms with Gasteiger partial charge in [-0.05, 0) is 0 Å². The number of hydrogen-bond acceptors (Lipinski definition) is 3. The number of hydrogen-bond donors (Lipinski definition) is 0. The Morgan fingerprint density at radius 2 is 1.90 bits per heavy atom. The predicted molar refractivity (Wildman–Crippen MR) is 132 cm³/mol. The van der Waals surface area contributed by atoms with Crippen molar-refractivity contribution in [3.05, 3.63) is 60.9 Å². The summed E-state index contributed by atoms with van der Waals surface area (Å²) in [7, 11) is -1.99. The third kappa shape index (κ3) is 4.79. The standard InChI is InChI=1S/C25H31N2O2SeSi/c1-8-11-21-22(17(2)29-31(6,7)25(3,4)5)23(28)27(21)24(30)26-20-15-14-18-12-9-10-13-19(18)16-20/h9-17,21-22H,1H2,2-7H3/t17-,21-,22-/m1/s1. The molecule has 2 aromatic carbocycles. The van der Waals surface area contributed by atoms with Crippen LogP contribution >= 0.6 is 0 Å². The summed E-state index contributed by atoms with van der Waals surface area (Å²) in [5.41, 5.74) is 3.66. The Kier molecular flexibility index (Phi) is 6.80. The van der Waals surface area contributed by atoms with Crippen LogP contribution < -0.4 is 0 Å². The van der Waals surface area contributed by atoms with Crippen molar-refractivity contribution >= 4 is 51.4 Å². The summed E-state index contributed by atoms with van der Waals surface area (Å²) in [6.45, 7) is 16.8. The molecule has 0 saturated carbocycles. The molecule has 31 heavy (non-hydrogen) atoms. The van der Waals surface area contributed by atoms with Crippen molar-refractivity contribution < 1.29 is 9.22 Å². The van der Waals surface area contributed by atoms with Crippen molar-refractivity contribution in [3.63, 3.8) is 0 Å². The number of amidine groups is 1. The number of amides is 1. The van der Waals surface area contributed by atoms with Gasteiger partial charge in [-0.2, -0.15) is 0 Å². The third-order valence-corrected chi connectivity index (χ3v) is 11.6. The van der Waals surface area contributed by atoms with Crippen molar-refractivity contribution in [2.24, 2.45) is 10.9 Å². The maximum absolute atomic E-state index is 13.2. The van der Waals surface area contributed by atoms with Gasteiger partial charge in [0.1, 0.15) is 0 Å². The molecule has 6 heteroatoms. The molecular weight excluding hydrogens is 467 g/mol. The summed E-state index contributed by atoms with van der Waals surface area (Å²) in [6, 6.07) is 14.0. The number of nitrogens with zero attached hydrogens (tertiary/aromatic N) is 2. The van der Waals surface area contributed by atoms with Crippen molar-refractivity contribution in [1.82, 2.24) is 4.90 Å². The zero-order valence-corrected chi connectivity index (χ0v) is 21.9. The van der Waals surface area contributed by atoms with Crippen LogP contribution in [-0.2, 0) is 9.22 Å². The topological polar surface area (TPSA) is 41.9 Å². The van der Waals surface area contributed by atoms with Crippen LogP contribution in [-0.4, -0.2) is 52.0 Å². The van der Waals surface area contributed by atoms with E-state index in [-0.39, 0.29) is 29.0 Å². The van der Waals surface area contributed by atoms with E-state index in [1.54, 1.807) is 4.90 Å². The van der Waals surface area contributed by atoms with E-state index < -0.39 is 8.32 Å².